The summed E-state index contributed by atoms with van der Waals surface area (Å²) in [6.45, 7) is 3.22. The van der Waals surface area contributed by atoms with E-state index in [1.165, 1.54) is 12.8 Å². The van der Waals surface area contributed by atoms with Gasteiger partial charge in [-0.15, -0.1) is 0 Å². The van der Waals surface area contributed by atoms with Crippen molar-refractivity contribution in [3.63, 3.8) is 0 Å². The number of hydrogen-bond acceptors (Lipinski definition) is 3. The molecule has 1 heterocycles. The average Bonchev–Trinajstić information content (AvgIpc) is 3.25. The summed E-state index contributed by atoms with van der Waals surface area (Å²) in [7, 11) is 1.70. The van der Waals surface area contributed by atoms with Crippen LogP contribution in [0.5, 0.6) is 5.75 Å². The number of ether oxygens (including phenoxy) is 1. The van der Waals surface area contributed by atoms with Crippen LogP contribution in [-0.2, 0) is 0 Å². The Morgan fingerprint density at radius 3 is 2.95 bits per heavy atom. The largest absolute Gasteiger partial charge is 0.497 e. The maximum Gasteiger partial charge on any atom is 0.121 e. The second kappa shape index (κ2) is 5.59. The minimum atomic E-state index is 0.616. The van der Waals surface area contributed by atoms with Gasteiger partial charge < -0.3 is 15.0 Å². The van der Waals surface area contributed by atoms with E-state index in [-0.39, 0.29) is 0 Å². The van der Waals surface area contributed by atoms with Crippen LogP contribution in [0, 0.1) is 5.92 Å². The number of anilines is 1. The highest BCUT2D eigenvalue weighted by Crippen LogP contribution is 2.36. The fraction of sp³-hybridized carbons (Fsp3) is 0.600. The van der Waals surface area contributed by atoms with Gasteiger partial charge in [0, 0.05) is 25.2 Å². The molecule has 0 radical (unpaired) electrons. The molecule has 3 rings (SSSR count). The monoisotopic (exact) mass is 280 g/mol. The summed E-state index contributed by atoms with van der Waals surface area (Å²) in [5, 5.41) is 4.49. The maximum atomic E-state index is 6.37. The molecule has 1 atom stereocenters. The van der Waals surface area contributed by atoms with Crippen molar-refractivity contribution in [2.45, 2.75) is 25.3 Å². The van der Waals surface area contributed by atoms with Crippen LogP contribution in [-0.4, -0.2) is 32.8 Å². The number of nitrogens with one attached hydrogen (secondary N) is 1. The molecular formula is C15H21ClN2O. The SMILES string of the molecule is COc1ccc(Cl)c(N2CCCNC(C3CC3)C2)c1. The molecular weight excluding hydrogens is 260 g/mol. The topological polar surface area (TPSA) is 24.5 Å². The van der Waals surface area contributed by atoms with Crippen molar-refractivity contribution in [3.05, 3.63) is 23.2 Å². The van der Waals surface area contributed by atoms with Crippen molar-refractivity contribution >= 4 is 17.3 Å². The van der Waals surface area contributed by atoms with Gasteiger partial charge in [0.1, 0.15) is 5.75 Å². The summed E-state index contributed by atoms with van der Waals surface area (Å²) in [6.07, 6.45) is 3.91. The molecule has 104 valence electrons. The minimum Gasteiger partial charge on any atom is -0.497 e. The quantitative estimate of drug-likeness (QED) is 0.921. The van der Waals surface area contributed by atoms with Crippen molar-refractivity contribution in [1.82, 2.24) is 5.32 Å². The second-order valence-corrected chi connectivity index (χ2v) is 5.92. The van der Waals surface area contributed by atoms with Gasteiger partial charge in [-0.3, -0.25) is 0 Å². The van der Waals surface area contributed by atoms with E-state index in [4.69, 9.17) is 16.3 Å². The molecule has 1 unspecified atom stereocenters. The molecule has 1 aliphatic heterocycles. The Kier molecular flexibility index (Phi) is 3.85. The maximum absolute atomic E-state index is 6.37. The lowest BCUT2D eigenvalue weighted by atomic mass is 10.1. The molecule has 1 saturated carbocycles. The molecule has 4 heteroatoms. The normalized spacial score (nSPS) is 24.1. The number of nitrogens with zero attached hydrogens (tertiary/aromatic N) is 1. The molecule has 0 aromatic heterocycles. The Hall–Kier alpha value is -0.930. The lowest BCUT2D eigenvalue weighted by molar-refractivity contribution is 0.414. The van der Waals surface area contributed by atoms with Gasteiger partial charge in [-0.25, -0.2) is 0 Å². The van der Waals surface area contributed by atoms with E-state index in [1.54, 1.807) is 7.11 Å². The number of methoxy groups -OCH3 is 1. The first-order chi connectivity index (χ1) is 9.28. The first-order valence-corrected chi connectivity index (χ1v) is 7.47. The zero-order chi connectivity index (χ0) is 13.2. The van der Waals surface area contributed by atoms with Crippen molar-refractivity contribution in [3.8, 4) is 5.75 Å². The Labute approximate surface area is 119 Å². The van der Waals surface area contributed by atoms with Crippen LogP contribution in [0.15, 0.2) is 18.2 Å². The third-order valence-corrected chi connectivity index (χ3v) is 4.43. The van der Waals surface area contributed by atoms with Crippen molar-refractivity contribution in [1.29, 1.82) is 0 Å². The van der Waals surface area contributed by atoms with E-state index in [0.717, 1.165) is 48.4 Å². The summed E-state index contributed by atoms with van der Waals surface area (Å²) in [4.78, 5) is 2.41. The van der Waals surface area contributed by atoms with Crippen LogP contribution < -0.4 is 15.0 Å². The average molecular weight is 281 g/mol. The van der Waals surface area contributed by atoms with Crippen LogP contribution in [0.25, 0.3) is 0 Å². The fourth-order valence-corrected chi connectivity index (χ4v) is 3.08. The van der Waals surface area contributed by atoms with Crippen molar-refractivity contribution in [2.24, 2.45) is 5.92 Å². The first-order valence-electron chi connectivity index (χ1n) is 7.10. The zero-order valence-corrected chi connectivity index (χ0v) is 12.1. The molecule has 1 aromatic rings. The van der Waals surface area contributed by atoms with Crippen LogP contribution in [0.3, 0.4) is 0 Å². The molecule has 3 nitrogen and oxygen atoms in total. The van der Waals surface area contributed by atoms with E-state index in [9.17, 15) is 0 Å². The third-order valence-electron chi connectivity index (χ3n) is 4.11. The van der Waals surface area contributed by atoms with Crippen molar-refractivity contribution in [2.75, 3.05) is 31.6 Å². The Morgan fingerprint density at radius 1 is 1.37 bits per heavy atom. The molecule has 2 fully saturated rings. The van der Waals surface area contributed by atoms with Crippen LogP contribution in [0.4, 0.5) is 5.69 Å². The van der Waals surface area contributed by atoms with Gasteiger partial charge in [-0.2, -0.15) is 0 Å². The first kappa shape index (κ1) is 13.1. The molecule has 1 N–H and O–H groups in total. The van der Waals surface area contributed by atoms with Gasteiger partial charge >= 0.3 is 0 Å². The lowest BCUT2D eigenvalue weighted by Crippen LogP contribution is -2.39. The Bertz CT molecular complexity index is 448. The number of hydrogen-bond donors (Lipinski definition) is 1. The summed E-state index contributed by atoms with van der Waals surface area (Å²) in [5.41, 5.74) is 1.11. The highest BCUT2D eigenvalue weighted by molar-refractivity contribution is 6.33. The summed E-state index contributed by atoms with van der Waals surface area (Å²) < 4.78 is 5.32. The predicted octanol–water partition coefficient (Wildman–Crippen LogP) is 2.93. The van der Waals surface area contributed by atoms with Gasteiger partial charge in [0.15, 0.2) is 0 Å². The second-order valence-electron chi connectivity index (χ2n) is 5.51. The molecule has 0 spiro atoms. The number of halogens is 1. The molecule has 1 saturated heterocycles. The minimum absolute atomic E-state index is 0.616. The van der Waals surface area contributed by atoms with Crippen LogP contribution in [0.1, 0.15) is 19.3 Å². The Balaban J connectivity index is 1.82. The Morgan fingerprint density at radius 2 is 2.21 bits per heavy atom. The molecule has 1 aromatic carbocycles. The zero-order valence-electron chi connectivity index (χ0n) is 11.4. The number of rotatable bonds is 3. The predicted molar refractivity (Wildman–Crippen MR) is 79.3 cm³/mol. The van der Waals surface area contributed by atoms with E-state index in [2.05, 4.69) is 16.3 Å². The smallest absolute Gasteiger partial charge is 0.121 e. The summed E-state index contributed by atoms with van der Waals surface area (Å²) >= 11 is 6.37. The van der Waals surface area contributed by atoms with E-state index in [0.29, 0.717) is 6.04 Å². The molecule has 19 heavy (non-hydrogen) atoms. The van der Waals surface area contributed by atoms with Gasteiger partial charge in [0.25, 0.3) is 0 Å². The van der Waals surface area contributed by atoms with Gasteiger partial charge in [-0.05, 0) is 43.9 Å². The van der Waals surface area contributed by atoms with E-state index >= 15 is 0 Å². The summed E-state index contributed by atoms with van der Waals surface area (Å²) in [5.74, 6) is 1.74. The van der Waals surface area contributed by atoms with E-state index < -0.39 is 0 Å². The highest BCUT2D eigenvalue weighted by atomic mass is 35.5. The van der Waals surface area contributed by atoms with Gasteiger partial charge in [-0.1, -0.05) is 11.6 Å². The van der Waals surface area contributed by atoms with Gasteiger partial charge in [0.05, 0.1) is 17.8 Å². The standard InChI is InChI=1S/C15H21ClN2O/c1-19-12-5-6-13(16)15(9-12)18-8-2-7-17-14(10-18)11-3-4-11/h5-6,9,11,14,17H,2-4,7-8,10H2,1H3. The molecule has 0 amide bonds. The lowest BCUT2D eigenvalue weighted by Gasteiger charge is -2.27. The van der Waals surface area contributed by atoms with Gasteiger partial charge in [0.2, 0.25) is 0 Å². The van der Waals surface area contributed by atoms with Crippen LogP contribution >= 0.6 is 11.6 Å². The molecule has 2 aliphatic rings. The van der Waals surface area contributed by atoms with Crippen LogP contribution in [0.2, 0.25) is 5.02 Å². The molecule has 0 bridgehead atoms. The molecule has 1 aliphatic carbocycles. The number of benzene rings is 1. The van der Waals surface area contributed by atoms with E-state index in [1.807, 2.05) is 12.1 Å². The van der Waals surface area contributed by atoms with Crippen molar-refractivity contribution < 1.29 is 4.74 Å². The summed E-state index contributed by atoms with van der Waals surface area (Å²) in [6, 6.07) is 6.52. The third kappa shape index (κ3) is 2.98. The fourth-order valence-electron chi connectivity index (χ4n) is 2.85. The highest BCUT2D eigenvalue weighted by Gasteiger charge is 2.33.